The van der Waals surface area contributed by atoms with Crippen LogP contribution in [-0.2, 0) is 21.3 Å². The molecule has 1 saturated heterocycles. The molecule has 1 aliphatic heterocycles. The third-order valence-electron chi connectivity index (χ3n) is 5.38. The van der Waals surface area contributed by atoms with Crippen molar-refractivity contribution in [2.75, 3.05) is 38.1 Å². The van der Waals surface area contributed by atoms with Crippen LogP contribution in [-0.4, -0.2) is 67.9 Å². The summed E-state index contributed by atoms with van der Waals surface area (Å²) >= 11 is 0. The monoisotopic (exact) mass is 449 g/mol. The zero-order valence-corrected chi connectivity index (χ0v) is 18.9. The first kappa shape index (κ1) is 23.4. The number of sulfonamides is 1. The Labute approximate surface area is 183 Å². The van der Waals surface area contributed by atoms with Crippen molar-refractivity contribution in [3.8, 4) is 0 Å². The van der Waals surface area contributed by atoms with Crippen LogP contribution >= 0.6 is 0 Å². The second-order valence-electron chi connectivity index (χ2n) is 7.48. The number of hydrogen-bond acceptors (Lipinski definition) is 6. The minimum absolute atomic E-state index is 0.0761. The zero-order chi connectivity index (χ0) is 22.3. The summed E-state index contributed by atoms with van der Waals surface area (Å²) in [6, 6.07) is 5.86. The highest BCUT2D eigenvalue weighted by Gasteiger charge is 2.20. The van der Waals surface area contributed by atoms with Crippen LogP contribution in [0, 0.1) is 0 Å². The van der Waals surface area contributed by atoms with Gasteiger partial charge in [0.05, 0.1) is 29.4 Å². The molecule has 1 aromatic carbocycles. The van der Waals surface area contributed by atoms with Crippen LogP contribution in [0.25, 0.3) is 0 Å². The Kier molecular flexibility index (Phi) is 8.19. The van der Waals surface area contributed by atoms with E-state index in [1.54, 1.807) is 17.1 Å². The van der Waals surface area contributed by atoms with Crippen molar-refractivity contribution >= 4 is 21.6 Å². The number of carbonyl (C=O) groups excluding carboxylic acids is 1. The van der Waals surface area contributed by atoms with Gasteiger partial charge in [0.2, 0.25) is 10.0 Å². The Morgan fingerprint density at radius 2 is 2.00 bits per heavy atom. The van der Waals surface area contributed by atoms with E-state index in [1.807, 2.05) is 0 Å². The molecule has 1 unspecified atom stereocenters. The molecule has 170 valence electrons. The summed E-state index contributed by atoms with van der Waals surface area (Å²) in [5, 5.41) is 7.08. The average Bonchev–Trinajstić information content (AvgIpc) is 3.45. The lowest BCUT2D eigenvalue weighted by Crippen LogP contribution is -2.31. The van der Waals surface area contributed by atoms with Gasteiger partial charge in [-0.05, 0) is 50.2 Å². The molecule has 1 aromatic heterocycles. The van der Waals surface area contributed by atoms with Crippen LogP contribution < -0.4 is 10.0 Å². The molecule has 1 atom stereocenters. The lowest BCUT2D eigenvalue weighted by Gasteiger charge is -2.17. The number of nitrogens with one attached hydrogen (secondary N) is 2. The smallest absolute Gasteiger partial charge is 0.255 e. The minimum atomic E-state index is -3.64. The van der Waals surface area contributed by atoms with Gasteiger partial charge >= 0.3 is 0 Å². The van der Waals surface area contributed by atoms with Crippen molar-refractivity contribution in [1.29, 1.82) is 0 Å². The highest BCUT2D eigenvalue weighted by molar-refractivity contribution is 7.89. The fourth-order valence-electron chi connectivity index (χ4n) is 3.41. The lowest BCUT2D eigenvalue weighted by atomic mass is 10.2. The second-order valence-corrected chi connectivity index (χ2v) is 9.25. The van der Waals surface area contributed by atoms with E-state index >= 15 is 0 Å². The van der Waals surface area contributed by atoms with E-state index in [-0.39, 0.29) is 23.5 Å². The van der Waals surface area contributed by atoms with Crippen molar-refractivity contribution in [2.24, 2.45) is 0 Å². The fraction of sp³-hybridized carbons (Fsp3) is 0.524. The van der Waals surface area contributed by atoms with E-state index < -0.39 is 10.0 Å². The molecular formula is C21H31N5O4S. The van der Waals surface area contributed by atoms with Crippen LogP contribution in [0.15, 0.2) is 41.6 Å². The number of aromatic nitrogens is 2. The summed E-state index contributed by atoms with van der Waals surface area (Å²) in [6.45, 7) is 8.76. The van der Waals surface area contributed by atoms with E-state index in [2.05, 4.69) is 33.9 Å². The zero-order valence-electron chi connectivity index (χ0n) is 18.1. The quantitative estimate of drug-likeness (QED) is 0.543. The average molecular weight is 450 g/mol. The Bertz CT molecular complexity index is 948. The molecule has 0 bridgehead atoms. The third-order valence-corrected chi connectivity index (χ3v) is 6.82. The molecule has 10 heteroatoms. The van der Waals surface area contributed by atoms with Gasteiger partial charge in [0.1, 0.15) is 0 Å². The normalized spacial score (nSPS) is 16.7. The Morgan fingerprint density at radius 1 is 1.26 bits per heavy atom. The largest absolute Gasteiger partial charge is 0.377 e. The summed E-state index contributed by atoms with van der Waals surface area (Å²) in [7, 11) is -3.64. The summed E-state index contributed by atoms with van der Waals surface area (Å²) in [5.41, 5.74) is 0.966. The first-order valence-electron chi connectivity index (χ1n) is 10.7. The number of amides is 1. The van der Waals surface area contributed by atoms with Crippen LogP contribution in [0.1, 0.15) is 37.0 Å². The summed E-state index contributed by atoms with van der Waals surface area (Å²) in [4.78, 5) is 14.9. The Balaban J connectivity index is 1.54. The van der Waals surface area contributed by atoms with E-state index in [1.165, 1.54) is 24.3 Å². The van der Waals surface area contributed by atoms with Crippen molar-refractivity contribution < 1.29 is 17.9 Å². The number of likely N-dealkylation sites (N-methyl/N-ethyl adjacent to an activating group) is 1. The van der Waals surface area contributed by atoms with Gasteiger partial charge in [-0.25, -0.2) is 13.1 Å². The molecule has 1 amide bonds. The number of rotatable bonds is 11. The number of hydrogen-bond donors (Lipinski definition) is 2. The molecule has 0 radical (unpaired) electrons. The van der Waals surface area contributed by atoms with Gasteiger partial charge in [-0.1, -0.05) is 13.8 Å². The summed E-state index contributed by atoms with van der Waals surface area (Å²) in [6.07, 6.45) is 5.12. The van der Waals surface area contributed by atoms with Gasteiger partial charge in [-0.3, -0.25) is 9.48 Å². The van der Waals surface area contributed by atoms with E-state index in [0.29, 0.717) is 17.9 Å². The first-order valence-corrected chi connectivity index (χ1v) is 12.2. The minimum Gasteiger partial charge on any atom is -0.377 e. The molecule has 2 heterocycles. The number of benzene rings is 1. The van der Waals surface area contributed by atoms with Crippen LogP contribution in [0.4, 0.5) is 5.69 Å². The second kappa shape index (κ2) is 10.9. The molecule has 9 nitrogen and oxygen atoms in total. The van der Waals surface area contributed by atoms with Crippen molar-refractivity contribution in [2.45, 2.75) is 44.2 Å². The maximum absolute atomic E-state index is 12.5. The van der Waals surface area contributed by atoms with Gasteiger partial charge in [0.25, 0.3) is 5.91 Å². The van der Waals surface area contributed by atoms with E-state index in [9.17, 15) is 13.2 Å². The maximum atomic E-state index is 12.5. The number of ether oxygens (including phenoxy) is 1. The Morgan fingerprint density at radius 3 is 2.65 bits per heavy atom. The highest BCUT2D eigenvalue weighted by Crippen LogP contribution is 2.15. The molecule has 1 aliphatic rings. The van der Waals surface area contributed by atoms with Crippen LogP contribution in [0.3, 0.4) is 0 Å². The molecular weight excluding hydrogens is 418 g/mol. The predicted octanol–water partition coefficient (Wildman–Crippen LogP) is 1.93. The molecule has 2 aromatic rings. The maximum Gasteiger partial charge on any atom is 0.255 e. The molecule has 0 aliphatic carbocycles. The molecule has 0 saturated carbocycles. The molecule has 3 rings (SSSR count). The van der Waals surface area contributed by atoms with Gasteiger partial charge in [-0.2, -0.15) is 5.10 Å². The number of nitrogens with zero attached hydrogens (tertiary/aromatic N) is 3. The van der Waals surface area contributed by atoms with Gasteiger partial charge in [-0.15, -0.1) is 0 Å². The van der Waals surface area contributed by atoms with Gasteiger partial charge in [0.15, 0.2) is 0 Å². The SMILES string of the molecule is CCN(CC)CCn1cc(NC(=O)c2ccc(S(=O)(=O)NCC3CCCO3)cc2)cn1. The molecule has 31 heavy (non-hydrogen) atoms. The van der Waals surface area contributed by atoms with Crippen molar-refractivity contribution in [1.82, 2.24) is 19.4 Å². The van der Waals surface area contributed by atoms with Gasteiger partial charge < -0.3 is 15.0 Å². The molecule has 0 spiro atoms. The Hall–Kier alpha value is -2.27. The highest BCUT2D eigenvalue weighted by atomic mass is 32.2. The standard InChI is InChI=1S/C21H31N5O4S/c1-3-25(4-2)11-12-26-16-18(14-22-26)24-21(27)17-7-9-20(10-8-17)31(28,29)23-15-19-6-5-13-30-19/h7-10,14,16,19,23H,3-6,11-13,15H2,1-2H3,(H,24,27). The number of anilines is 1. The predicted molar refractivity (Wildman–Crippen MR) is 119 cm³/mol. The van der Waals surface area contributed by atoms with Crippen molar-refractivity contribution in [3.63, 3.8) is 0 Å². The van der Waals surface area contributed by atoms with Gasteiger partial charge in [0, 0.05) is 31.5 Å². The molecule has 1 fully saturated rings. The topological polar surface area (TPSA) is 106 Å². The van der Waals surface area contributed by atoms with Crippen LogP contribution in [0.2, 0.25) is 0 Å². The summed E-state index contributed by atoms with van der Waals surface area (Å²) < 4.78 is 34.7. The van der Waals surface area contributed by atoms with Crippen molar-refractivity contribution in [3.05, 3.63) is 42.2 Å². The molecule has 2 N–H and O–H groups in total. The van der Waals surface area contributed by atoms with E-state index in [0.717, 1.165) is 39.0 Å². The van der Waals surface area contributed by atoms with E-state index in [4.69, 9.17) is 4.74 Å². The first-order chi connectivity index (χ1) is 14.9. The fourth-order valence-corrected chi connectivity index (χ4v) is 4.48. The third kappa shape index (κ3) is 6.60. The lowest BCUT2D eigenvalue weighted by molar-refractivity contribution is 0.102. The van der Waals surface area contributed by atoms with Crippen LogP contribution in [0.5, 0.6) is 0 Å². The number of carbonyl (C=O) groups is 1. The summed E-state index contributed by atoms with van der Waals surface area (Å²) in [5.74, 6) is -0.320.